The fraction of sp³-hybridized carbons (Fsp3) is 0.412. The van der Waals surface area contributed by atoms with Crippen molar-refractivity contribution in [3.8, 4) is 0 Å². The summed E-state index contributed by atoms with van der Waals surface area (Å²) in [6.07, 6.45) is 3.17. The average molecular weight is 361 g/mol. The SMILES string of the molecule is CCCCN1C(=O)CCc2cc(C(=NNC(N)=S)C(C)=NO)ccc21. The molecule has 0 unspecified atom stereocenters. The monoisotopic (exact) mass is 361 g/mol. The quantitative estimate of drug-likeness (QED) is 0.312. The van der Waals surface area contributed by atoms with Crippen molar-refractivity contribution < 1.29 is 10.0 Å². The maximum absolute atomic E-state index is 12.2. The number of fused-ring (bicyclic) bond motifs is 1. The molecule has 7 nitrogen and oxygen atoms in total. The summed E-state index contributed by atoms with van der Waals surface area (Å²) in [7, 11) is 0. The van der Waals surface area contributed by atoms with Crippen LogP contribution < -0.4 is 16.1 Å². The van der Waals surface area contributed by atoms with Crippen LogP contribution in [-0.2, 0) is 11.2 Å². The molecule has 0 spiro atoms. The molecule has 8 heteroatoms. The van der Waals surface area contributed by atoms with Gasteiger partial charge in [0.25, 0.3) is 0 Å². The molecular weight excluding hydrogens is 338 g/mol. The van der Waals surface area contributed by atoms with E-state index < -0.39 is 0 Å². The van der Waals surface area contributed by atoms with Crippen LogP contribution in [0.1, 0.15) is 44.2 Å². The van der Waals surface area contributed by atoms with E-state index in [1.165, 1.54) is 0 Å². The van der Waals surface area contributed by atoms with Crippen LogP contribution in [0.15, 0.2) is 28.5 Å². The topological polar surface area (TPSA) is 103 Å². The van der Waals surface area contributed by atoms with Crippen LogP contribution in [0.2, 0.25) is 0 Å². The van der Waals surface area contributed by atoms with E-state index in [1.807, 2.05) is 23.1 Å². The first-order chi connectivity index (χ1) is 12.0. The number of carbonyl (C=O) groups is 1. The molecule has 2 rings (SSSR count). The van der Waals surface area contributed by atoms with Gasteiger partial charge in [-0.1, -0.05) is 24.6 Å². The van der Waals surface area contributed by atoms with Gasteiger partial charge in [-0.05, 0) is 49.7 Å². The minimum absolute atomic E-state index is 0.0255. The van der Waals surface area contributed by atoms with Crippen LogP contribution in [0.3, 0.4) is 0 Å². The zero-order valence-electron chi connectivity index (χ0n) is 14.5. The van der Waals surface area contributed by atoms with Gasteiger partial charge < -0.3 is 15.8 Å². The summed E-state index contributed by atoms with van der Waals surface area (Å²) in [5.74, 6) is 0.158. The number of nitrogens with one attached hydrogen (secondary N) is 1. The van der Waals surface area contributed by atoms with Crippen molar-refractivity contribution in [2.75, 3.05) is 11.4 Å². The number of nitrogens with two attached hydrogens (primary N) is 1. The lowest BCUT2D eigenvalue weighted by molar-refractivity contribution is -0.118. The summed E-state index contributed by atoms with van der Waals surface area (Å²) in [6, 6.07) is 5.74. The number of benzene rings is 1. The number of nitrogens with zero attached hydrogens (tertiary/aromatic N) is 3. The third kappa shape index (κ3) is 4.54. The number of hydrogen-bond donors (Lipinski definition) is 3. The predicted octanol–water partition coefficient (Wildman–Crippen LogP) is 2.15. The van der Waals surface area contributed by atoms with E-state index in [1.54, 1.807) is 6.92 Å². The van der Waals surface area contributed by atoms with Gasteiger partial charge in [-0.3, -0.25) is 10.2 Å². The molecule has 134 valence electrons. The first-order valence-electron chi connectivity index (χ1n) is 8.23. The summed E-state index contributed by atoms with van der Waals surface area (Å²) in [5, 5.41) is 16.5. The first-order valence-corrected chi connectivity index (χ1v) is 8.64. The molecule has 1 aliphatic rings. The zero-order chi connectivity index (χ0) is 18.4. The van der Waals surface area contributed by atoms with E-state index in [4.69, 9.17) is 23.2 Å². The number of hydrazone groups is 1. The Morgan fingerprint density at radius 1 is 1.44 bits per heavy atom. The molecule has 0 saturated carbocycles. The van der Waals surface area contributed by atoms with Gasteiger partial charge >= 0.3 is 0 Å². The van der Waals surface area contributed by atoms with Crippen molar-refractivity contribution in [3.63, 3.8) is 0 Å². The molecule has 0 bridgehead atoms. The van der Waals surface area contributed by atoms with Crippen molar-refractivity contribution in [1.29, 1.82) is 0 Å². The summed E-state index contributed by atoms with van der Waals surface area (Å²) < 4.78 is 0. The molecule has 0 saturated heterocycles. The van der Waals surface area contributed by atoms with Crippen molar-refractivity contribution >= 4 is 40.3 Å². The molecule has 0 atom stereocenters. The number of unbranched alkanes of at least 4 members (excludes halogenated alkanes) is 1. The maximum Gasteiger partial charge on any atom is 0.227 e. The number of carbonyl (C=O) groups excluding carboxylic acids is 1. The van der Waals surface area contributed by atoms with Crippen LogP contribution in [0.5, 0.6) is 0 Å². The molecule has 0 fully saturated rings. The standard InChI is InChI=1S/C17H23N5O2S/c1-3-4-9-22-14-7-5-13(10-12(14)6-8-15(22)23)16(11(2)21-24)19-20-17(18)25/h5,7,10,24H,3-4,6,8-9H2,1-2H3,(H3,18,20,25). The number of rotatable bonds is 6. The normalized spacial score (nSPS) is 15.1. The molecular formula is C17H23N5O2S. The molecule has 1 aromatic carbocycles. The number of anilines is 1. The lowest BCUT2D eigenvalue weighted by Gasteiger charge is -2.30. The van der Waals surface area contributed by atoms with Crippen molar-refractivity contribution in [2.24, 2.45) is 16.0 Å². The highest BCUT2D eigenvalue weighted by Gasteiger charge is 2.24. The Bertz CT molecular complexity index is 730. The van der Waals surface area contributed by atoms with Gasteiger partial charge in [-0.15, -0.1) is 0 Å². The molecule has 25 heavy (non-hydrogen) atoms. The fourth-order valence-electron chi connectivity index (χ4n) is 2.78. The number of hydrogen-bond acceptors (Lipinski definition) is 5. The van der Waals surface area contributed by atoms with E-state index in [2.05, 4.69) is 22.6 Å². The Hall–Kier alpha value is -2.48. The molecule has 1 amide bonds. The lowest BCUT2D eigenvalue weighted by Crippen LogP contribution is -2.36. The Kier molecular flexibility index (Phi) is 6.46. The smallest absolute Gasteiger partial charge is 0.227 e. The second-order valence-electron chi connectivity index (χ2n) is 5.86. The Morgan fingerprint density at radius 2 is 2.20 bits per heavy atom. The van der Waals surface area contributed by atoms with Crippen LogP contribution in [0, 0.1) is 0 Å². The van der Waals surface area contributed by atoms with Gasteiger partial charge in [0.1, 0.15) is 11.4 Å². The van der Waals surface area contributed by atoms with E-state index in [0.29, 0.717) is 24.3 Å². The van der Waals surface area contributed by atoms with E-state index in [-0.39, 0.29) is 11.0 Å². The summed E-state index contributed by atoms with van der Waals surface area (Å²) in [6.45, 7) is 4.46. The highest BCUT2D eigenvalue weighted by atomic mass is 32.1. The molecule has 1 aromatic rings. The molecule has 0 aromatic heterocycles. The third-order valence-corrected chi connectivity index (χ3v) is 4.15. The minimum atomic E-state index is 0.0255. The average Bonchev–Trinajstić information content (AvgIpc) is 2.60. The van der Waals surface area contributed by atoms with Gasteiger partial charge in [0, 0.05) is 24.2 Å². The second kappa shape index (κ2) is 8.57. The van der Waals surface area contributed by atoms with Gasteiger partial charge in [0.15, 0.2) is 5.11 Å². The highest BCUT2D eigenvalue weighted by Crippen LogP contribution is 2.29. The molecule has 0 aliphatic carbocycles. The van der Waals surface area contributed by atoms with Crippen LogP contribution in [0.25, 0.3) is 0 Å². The third-order valence-electron chi connectivity index (χ3n) is 4.06. The zero-order valence-corrected chi connectivity index (χ0v) is 15.3. The Morgan fingerprint density at radius 3 is 2.84 bits per heavy atom. The molecule has 4 N–H and O–H groups in total. The highest BCUT2D eigenvalue weighted by molar-refractivity contribution is 7.80. The van der Waals surface area contributed by atoms with E-state index >= 15 is 0 Å². The van der Waals surface area contributed by atoms with Crippen LogP contribution in [-0.4, -0.2) is 34.2 Å². The maximum atomic E-state index is 12.2. The largest absolute Gasteiger partial charge is 0.411 e. The number of aryl methyl sites for hydroxylation is 1. The van der Waals surface area contributed by atoms with Gasteiger partial charge in [-0.2, -0.15) is 5.10 Å². The fourth-order valence-corrected chi connectivity index (χ4v) is 2.83. The summed E-state index contributed by atoms with van der Waals surface area (Å²) in [4.78, 5) is 14.1. The van der Waals surface area contributed by atoms with Crippen molar-refractivity contribution in [3.05, 3.63) is 29.3 Å². The lowest BCUT2D eigenvalue weighted by atomic mass is 9.96. The van der Waals surface area contributed by atoms with Crippen LogP contribution >= 0.6 is 12.2 Å². The van der Waals surface area contributed by atoms with Gasteiger partial charge in [-0.25, -0.2) is 0 Å². The van der Waals surface area contributed by atoms with Crippen molar-refractivity contribution in [2.45, 2.75) is 39.5 Å². The number of thiocarbonyl (C=S) groups is 1. The molecule has 1 aliphatic heterocycles. The predicted molar refractivity (Wildman–Crippen MR) is 103 cm³/mol. The van der Waals surface area contributed by atoms with Gasteiger partial charge in [0.05, 0.1) is 0 Å². The Labute approximate surface area is 152 Å². The number of oxime groups is 1. The summed E-state index contributed by atoms with van der Waals surface area (Å²) >= 11 is 4.77. The number of amides is 1. The summed E-state index contributed by atoms with van der Waals surface area (Å²) in [5.41, 5.74) is 11.5. The van der Waals surface area contributed by atoms with E-state index in [0.717, 1.165) is 36.2 Å². The first kappa shape index (κ1) is 18.9. The van der Waals surface area contributed by atoms with Crippen molar-refractivity contribution in [1.82, 2.24) is 5.43 Å². The van der Waals surface area contributed by atoms with E-state index in [9.17, 15) is 4.79 Å². The van der Waals surface area contributed by atoms with Gasteiger partial charge in [0.2, 0.25) is 5.91 Å². The second-order valence-corrected chi connectivity index (χ2v) is 6.30. The molecule has 1 heterocycles. The Balaban J connectivity index is 2.40. The van der Waals surface area contributed by atoms with Crippen LogP contribution in [0.4, 0.5) is 5.69 Å². The minimum Gasteiger partial charge on any atom is -0.411 e. The molecule has 0 radical (unpaired) electrons.